The minimum atomic E-state index is 0.0531. The Morgan fingerprint density at radius 3 is 2.70 bits per heavy atom. The molecular formula is C15H18N4O. The molecule has 0 radical (unpaired) electrons. The van der Waals surface area contributed by atoms with Gasteiger partial charge in [-0.25, -0.2) is 4.98 Å². The van der Waals surface area contributed by atoms with Gasteiger partial charge in [0.2, 0.25) is 5.91 Å². The average Bonchev–Trinajstić information content (AvgIpc) is 2.79. The summed E-state index contributed by atoms with van der Waals surface area (Å²) in [6, 6.07) is 9.75. The number of imidazole rings is 1. The predicted octanol–water partition coefficient (Wildman–Crippen LogP) is 1.97. The number of aromatic nitrogens is 2. The highest BCUT2D eigenvalue weighted by Gasteiger charge is 2.16. The summed E-state index contributed by atoms with van der Waals surface area (Å²) in [5.41, 5.74) is 1.73. The summed E-state index contributed by atoms with van der Waals surface area (Å²) in [6.07, 6.45) is 0.209. The third-order valence-electron chi connectivity index (χ3n) is 3.38. The van der Waals surface area contributed by atoms with Crippen LogP contribution in [0.3, 0.4) is 0 Å². The van der Waals surface area contributed by atoms with Crippen LogP contribution in [0.4, 0.5) is 0 Å². The van der Waals surface area contributed by atoms with Gasteiger partial charge in [0.05, 0.1) is 23.5 Å². The van der Waals surface area contributed by atoms with Crippen LogP contribution in [0.5, 0.6) is 0 Å². The molecule has 2 aromatic rings. The summed E-state index contributed by atoms with van der Waals surface area (Å²) in [5, 5.41) is 8.91. The number of amides is 1. The molecule has 0 N–H and O–H groups in total. The van der Waals surface area contributed by atoms with Crippen molar-refractivity contribution in [2.45, 2.75) is 26.8 Å². The highest BCUT2D eigenvalue weighted by molar-refractivity contribution is 5.81. The lowest BCUT2D eigenvalue weighted by atomic mass is 10.3. The number of nitrogens with zero attached hydrogens (tertiary/aromatic N) is 4. The summed E-state index contributed by atoms with van der Waals surface area (Å²) in [4.78, 5) is 18.5. The van der Waals surface area contributed by atoms with Crippen molar-refractivity contribution in [1.29, 1.82) is 5.26 Å². The fourth-order valence-electron chi connectivity index (χ4n) is 2.32. The molecule has 1 heterocycles. The van der Waals surface area contributed by atoms with Gasteiger partial charge < -0.3 is 9.47 Å². The van der Waals surface area contributed by atoms with E-state index in [2.05, 4.69) is 11.1 Å². The van der Waals surface area contributed by atoms with Crippen molar-refractivity contribution in [2.24, 2.45) is 0 Å². The topological polar surface area (TPSA) is 61.9 Å². The van der Waals surface area contributed by atoms with Crippen LogP contribution >= 0.6 is 0 Å². The van der Waals surface area contributed by atoms with Crippen LogP contribution in [-0.4, -0.2) is 33.4 Å². The second-order valence-electron chi connectivity index (χ2n) is 4.50. The predicted molar refractivity (Wildman–Crippen MR) is 77.0 cm³/mol. The van der Waals surface area contributed by atoms with E-state index in [1.807, 2.05) is 42.7 Å². The lowest BCUT2D eigenvalue weighted by Gasteiger charge is -2.19. The first-order valence-electron chi connectivity index (χ1n) is 6.80. The van der Waals surface area contributed by atoms with Gasteiger partial charge in [0.1, 0.15) is 12.4 Å². The maximum Gasteiger partial charge on any atom is 0.242 e. The fourth-order valence-corrected chi connectivity index (χ4v) is 2.32. The molecule has 0 atom stereocenters. The number of carbonyl (C=O) groups is 1. The van der Waals surface area contributed by atoms with E-state index in [9.17, 15) is 4.79 Å². The van der Waals surface area contributed by atoms with Gasteiger partial charge in [0.15, 0.2) is 0 Å². The molecule has 1 aromatic carbocycles. The second-order valence-corrected chi connectivity index (χ2v) is 4.50. The van der Waals surface area contributed by atoms with Gasteiger partial charge in [-0.15, -0.1) is 0 Å². The summed E-state index contributed by atoms with van der Waals surface area (Å²) in [7, 11) is 0. The maximum atomic E-state index is 12.3. The van der Waals surface area contributed by atoms with Gasteiger partial charge in [-0.1, -0.05) is 12.1 Å². The Kier molecular flexibility index (Phi) is 4.36. The number of para-hydroxylation sites is 2. The van der Waals surface area contributed by atoms with Crippen molar-refractivity contribution in [3.05, 3.63) is 30.1 Å². The van der Waals surface area contributed by atoms with Crippen LogP contribution in [0, 0.1) is 11.3 Å². The molecule has 0 bridgehead atoms. The number of hydrogen-bond acceptors (Lipinski definition) is 3. The normalized spacial score (nSPS) is 10.4. The second kappa shape index (κ2) is 6.20. The van der Waals surface area contributed by atoms with Crippen LogP contribution in [0.2, 0.25) is 0 Å². The molecule has 0 fully saturated rings. The molecule has 0 spiro atoms. The minimum Gasteiger partial charge on any atom is -0.342 e. The number of benzene rings is 1. The molecule has 1 aromatic heterocycles. The van der Waals surface area contributed by atoms with E-state index < -0.39 is 0 Å². The Morgan fingerprint density at radius 1 is 1.35 bits per heavy atom. The Labute approximate surface area is 118 Å². The van der Waals surface area contributed by atoms with Gasteiger partial charge in [-0.2, -0.15) is 5.26 Å². The molecule has 5 nitrogen and oxygen atoms in total. The number of likely N-dealkylation sites (N-methyl/N-ethyl adjacent to an activating group) is 1. The Bertz CT molecular complexity index is 649. The molecular weight excluding hydrogens is 252 g/mol. The van der Waals surface area contributed by atoms with E-state index in [0.717, 1.165) is 11.0 Å². The molecule has 0 aliphatic rings. The number of hydrogen-bond donors (Lipinski definition) is 0. The molecule has 0 unspecified atom stereocenters. The van der Waals surface area contributed by atoms with Gasteiger partial charge in [0, 0.05) is 13.1 Å². The van der Waals surface area contributed by atoms with Crippen molar-refractivity contribution in [1.82, 2.24) is 14.5 Å². The van der Waals surface area contributed by atoms with Gasteiger partial charge >= 0.3 is 0 Å². The summed E-state index contributed by atoms with van der Waals surface area (Å²) >= 11 is 0. The van der Waals surface area contributed by atoms with Crippen molar-refractivity contribution in [3.63, 3.8) is 0 Å². The first-order valence-corrected chi connectivity index (χ1v) is 6.80. The standard InChI is InChI=1S/C15H18N4O/c1-3-18(4-2)15(20)11-19-13-8-6-5-7-12(13)17-14(19)9-10-16/h5-8H,3-4,9,11H2,1-2H3. The van der Waals surface area contributed by atoms with Crippen LogP contribution in [0.15, 0.2) is 24.3 Å². The zero-order chi connectivity index (χ0) is 14.5. The quantitative estimate of drug-likeness (QED) is 0.834. The van der Waals surface area contributed by atoms with Gasteiger partial charge in [-0.3, -0.25) is 4.79 Å². The van der Waals surface area contributed by atoms with Crippen LogP contribution in [0.1, 0.15) is 19.7 Å². The molecule has 1 amide bonds. The van der Waals surface area contributed by atoms with Crippen LogP contribution in [-0.2, 0) is 17.8 Å². The third kappa shape index (κ3) is 2.64. The van der Waals surface area contributed by atoms with E-state index in [0.29, 0.717) is 18.9 Å². The van der Waals surface area contributed by atoms with Crippen LogP contribution < -0.4 is 0 Å². The SMILES string of the molecule is CCN(CC)C(=O)Cn1c(CC#N)nc2ccccc21. The zero-order valence-electron chi connectivity index (χ0n) is 11.8. The van der Waals surface area contributed by atoms with Crippen LogP contribution in [0.25, 0.3) is 11.0 Å². The van der Waals surface area contributed by atoms with E-state index in [1.165, 1.54) is 0 Å². The summed E-state index contributed by atoms with van der Waals surface area (Å²) in [6.45, 7) is 5.54. The van der Waals surface area contributed by atoms with Crippen molar-refractivity contribution in [2.75, 3.05) is 13.1 Å². The number of nitriles is 1. The molecule has 0 saturated heterocycles. The van der Waals surface area contributed by atoms with Crippen molar-refractivity contribution in [3.8, 4) is 6.07 Å². The molecule has 0 aliphatic carbocycles. The van der Waals surface area contributed by atoms with Crippen molar-refractivity contribution < 1.29 is 4.79 Å². The van der Waals surface area contributed by atoms with Crippen molar-refractivity contribution >= 4 is 16.9 Å². The number of carbonyl (C=O) groups excluding carboxylic acids is 1. The minimum absolute atomic E-state index is 0.0531. The number of fused-ring (bicyclic) bond motifs is 1. The zero-order valence-corrected chi connectivity index (χ0v) is 11.8. The molecule has 0 aliphatic heterocycles. The van der Waals surface area contributed by atoms with Gasteiger partial charge in [0.25, 0.3) is 0 Å². The summed E-state index contributed by atoms with van der Waals surface area (Å²) < 4.78 is 1.85. The smallest absolute Gasteiger partial charge is 0.242 e. The van der Waals surface area contributed by atoms with Gasteiger partial charge in [-0.05, 0) is 26.0 Å². The molecule has 5 heteroatoms. The largest absolute Gasteiger partial charge is 0.342 e. The molecule has 0 saturated carbocycles. The first kappa shape index (κ1) is 14.1. The maximum absolute atomic E-state index is 12.3. The average molecular weight is 270 g/mol. The van der Waals surface area contributed by atoms with E-state index >= 15 is 0 Å². The Balaban J connectivity index is 2.39. The third-order valence-corrected chi connectivity index (χ3v) is 3.38. The summed E-state index contributed by atoms with van der Waals surface area (Å²) in [5.74, 6) is 0.701. The van der Waals surface area contributed by atoms with E-state index in [4.69, 9.17) is 5.26 Å². The lowest BCUT2D eigenvalue weighted by molar-refractivity contribution is -0.131. The number of rotatable bonds is 5. The van der Waals surface area contributed by atoms with E-state index in [1.54, 1.807) is 4.90 Å². The highest BCUT2D eigenvalue weighted by atomic mass is 16.2. The van der Waals surface area contributed by atoms with E-state index in [-0.39, 0.29) is 18.9 Å². The highest BCUT2D eigenvalue weighted by Crippen LogP contribution is 2.16. The molecule has 104 valence electrons. The molecule has 2 rings (SSSR count). The lowest BCUT2D eigenvalue weighted by Crippen LogP contribution is -2.33. The Hall–Kier alpha value is -2.35. The molecule has 20 heavy (non-hydrogen) atoms. The first-order chi connectivity index (χ1) is 9.71. The fraction of sp³-hybridized carbons (Fsp3) is 0.400. The Morgan fingerprint density at radius 2 is 2.05 bits per heavy atom. The monoisotopic (exact) mass is 270 g/mol.